The molecule has 0 radical (unpaired) electrons. The number of rotatable bonds is 12. The third-order valence-electron chi connectivity index (χ3n) is 6.61. The first-order chi connectivity index (χ1) is 20.8. The van der Waals surface area contributed by atoms with Gasteiger partial charge in [-0.15, -0.1) is 0 Å². The SMILES string of the molecule is COCNc1ccc(COC(=O)NCCC[C@@]2(c3ccccc3)SC(c3cc(F)ccc3F)=NN2C(=O)N(C)OC)cc1. The Labute approximate surface area is 252 Å². The van der Waals surface area contributed by atoms with E-state index in [0.29, 0.717) is 25.1 Å². The Balaban J connectivity index is 1.47. The number of nitrogens with one attached hydrogen (secondary N) is 2. The molecule has 43 heavy (non-hydrogen) atoms. The quantitative estimate of drug-likeness (QED) is 0.150. The monoisotopic (exact) mass is 613 g/mol. The van der Waals surface area contributed by atoms with Gasteiger partial charge in [-0.05, 0) is 54.3 Å². The van der Waals surface area contributed by atoms with Gasteiger partial charge in [0.1, 0.15) is 34.9 Å². The van der Waals surface area contributed by atoms with E-state index >= 15 is 0 Å². The lowest BCUT2D eigenvalue weighted by Crippen LogP contribution is -2.47. The Bertz CT molecular complexity index is 1430. The van der Waals surface area contributed by atoms with Gasteiger partial charge in [-0.2, -0.15) is 10.1 Å². The predicted octanol–water partition coefficient (Wildman–Crippen LogP) is 5.86. The first-order valence-corrected chi connectivity index (χ1v) is 14.2. The number of urea groups is 1. The van der Waals surface area contributed by atoms with Gasteiger partial charge in [-0.3, -0.25) is 4.84 Å². The molecule has 10 nitrogen and oxygen atoms in total. The number of anilines is 1. The molecule has 2 N–H and O–H groups in total. The predicted molar refractivity (Wildman–Crippen MR) is 160 cm³/mol. The second-order valence-electron chi connectivity index (χ2n) is 9.47. The number of hydrazone groups is 1. The van der Waals surface area contributed by atoms with Crippen molar-refractivity contribution in [3.05, 3.63) is 101 Å². The minimum atomic E-state index is -1.15. The number of nitrogens with zero attached hydrogens (tertiary/aromatic N) is 3. The highest BCUT2D eigenvalue weighted by atomic mass is 32.2. The van der Waals surface area contributed by atoms with Crippen LogP contribution in [0.5, 0.6) is 0 Å². The van der Waals surface area contributed by atoms with Gasteiger partial charge >= 0.3 is 12.1 Å². The Morgan fingerprint density at radius 1 is 1.05 bits per heavy atom. The van der Waals surface area contributed by atoms with E-state index in [2.05, 4.69) is 15.7 Å². The highest BCUT2D eigenvalue weighted by molar-refractivity contribution is 8.15. The average Bonchev–Trinajstić information content (AvgIpc) is 3.42. The van der Waals surface area contributed by atoms with Gasteiger partial charge in [0.05, 0.1) is 7.11 Å². The van der Waals surface area contributed by atoms with E-state index in [9.17, 15) is 18.4 Å². The smallest absolute Gasteiger partial charge is 0.407 e. The van der Waals surface area contributed by atoms with Crippen LogP contribution in [0.1, 0.15) is 29.5 Å². The summed E-state index contributed by atoms with van der Waals surface area (Å²) in [4.78, 5) is 29.9. The van der Waals surface area contributed by atoms with Crippen molar-refractivity contribution in [2.45, 2.75) is 24.3 Å². The molecule has 1 atom stereocenters. The zero-order chi connectivity index (χ0) is 30.8. The van der Waals surface area contributed by atoms with Crippen LogP contribution in [-0.4, -0.2) is 61.8 Å². The number of thioether (sulfide) groups is 1. The van der Waals surface area contributed by atoms with Gasteiger partial charge < -0.3 is 20.1 Å². The van der Waals surface area contributed by atoms with Crippen LogP contribution in [0, 0.1) is 11.6 Å². The molecule has 3 aromatic rings. The number of carbonyl (C=O) groups is 2. The zero-order valence-corrected chi connectivity index (χ0v) is 24.8. The highest BCUT2D eigenvalue weighted by Gasteiger charge is 2.49. The van der Waals surface area contributed by atoms with E-state index < -0.39 is 28.6 Å². The molecular formula is C30H33F2N5O5S. The first-order valence-electron chi connectivity index (χ1n) is 13.4. The Hall–Kier alpha value is -4.20. The second kappa shape index (κ2) is 14.8. The molecule has 3 aromatic carbocycles. The number of amides is 3. The minimum Gasteiger partial charge on any atom is -0.445 e. The van der Waals surface area contributed by atoms with Gasteiger partial charge in [0, 0.05) is 32.0 Å². The number of hydroxylamine groups is 2. The van der Waals surface area contributed by atoms with Crippen molar-refractivity contribution in [2.24, 2.45) is 5.10 Å². The molecule has 0 fully saturated rings. The molecule has 1 aliphatic heterocycles. The van der Waals surface area contributed by atoms with Crippen LogP contribution in [0.25, 0.3) is 0 Å². The summed E-state index contributed by atoms with van der Waals surface area (Å²) >= 11 is 1.13. The summed E-state index contributed by atoms with van der Waals surface area (Å²) < 4.78 is 39.3. The maximum atomic E-state index is 14.8. The number of halogens is 2. The van der Waals surface area contributed by atoms with Crippen LogP contribution in [0.3, 0.4) is 0 Å². The van der Waals surface area contributed by atoms with Crippen molar-refractivity contribution in [3.63, 3.8) is 0 Å². The summed E-state index contributed by atoms with van der Waals surface area (Å²) in [6.45, 7) is 0.689. The number of hydrogen-bond acceptors (Lipinski definition) is 8. The zero-order valence-electron chi connectivity index (χ0n) is 24.0. The van der Waals surface area contributed by atoms with E-state index in [4.69, 9.17) is 14.3 Å². The number of alkyl carbamates (subject to hydrolysis) is 1. The molecule has 3 amide bonds. The second-order valence-corrected chi connectivity index (χ2v) is 10.7. The number of carbonyl (C=O) groups excluding carboxylic acids is 2. The number of methoxy groups -OCH3 is 1. The van der Waals surface area contributed by atoms with Crippen LogP contribution in [0.4, 0.5) is 24.1 Å². The third kappa shape index (κ3) is 7.80. The summed E-state index contributed by atoms with van der Waals surface area (Å²) in [5.41, 5.74) is 2.34. The van der Waals surface area contributed by atoms with Gasteiger partial charge in [0.15, 0.2) is 0 Å². The Kier molecular flexibility index (Phi) is 10.9. The van der Waals surface area contributed by atoms with Crippen LogP contribution < -0.4 is 10.6 Å². The highest BCUT2D eigenvalue weighted by Crippen LogP contribution is 2.51. The molecule has 0 aromatic heterocycles. The van der Waals surface area contributed by atoms with Crippen LogP contribution in [-0.2, 0) is 25.8 Å². The summed E-state index contributed by atoms with van der Waals surface area (Å²) in [7, 11) is 4.36. The minimum absolute atomic E-state index is 0.0649. The Morgan fingerprint density at radius 3 is 2.49 bits per heavy atom. The van der Waals surface area contributed by atoms with Gasteiger partial charge in [0.25, 0.3) is 0 Å². The van der Waals surface area contributed by atoms with E-state index in [-0.39, 0.29) is 23.8 Å². The molecular weight excluding hydrogens is 580 g/mol. The van der Waals surface area contributed by atoms with Crippen LogP contribution in [0.2, 0.25) is 0 Å². The lowest BCUT2D eigenvalue weighted by molar-refractivity contribution is -0.0805. The van der Waals surface area contributed by atoms with E-state index in [0.717, 1.165) is 46.3 Å². The molecule has 1 aliphatic rings. The largest absolute Gasteiger partial charge is 0.445 e. The van der Waals surface area contributed by atoms with Gasteiger partial charge in [0.2, 0.25) is 0 Å². The summed E-state index contributed by atoms with van der Waals surface area (Å²) in [5.74, 6) is -1.31. The van der Waals surface area contributed by atoms with Gasteiger partial charge in [-0.1, -0.05) is 54.2 Å². The first kappa shape index (κ1) is 31.7. The molecule has 1 heterocycles. The molecule has 0 saturated heterocycles. The van der Waals surface area contributed by atoms with E-state index in [1.54, 1.807) is 7.11 Å². The number of hydrogen-bond donors (Lipinski definition) is 2. The lowest BCUT2D eigenvalue weighted by atomic mass is 10.0. The van der Waals surface area contributed by atoms with Crippen molar-refractivity contribution in [1.82, 2.24) is 15.4 Å². The molecule has 4 rings (SSSR count). The third-order valence-corrected chi connectivity index (χ3v) is 8.06. The topological polar surface area (TPSA) is 105 Å². The molecule has 0 aliphatic carbocycles. The number of benzene rings is 3. The van der Waals surface area contributed by atoms with Crippen molar-refractivity contribution in [3.8, 4) is 0 Å². The molecule has 0 unspecified atom stereocenters. The summed E-state index contributed by atoms with van der Waals surface area (Å²) in [6, 6.07) is 19.0. The van der Waals surface area contributed by atoms with Crippen LogP contribution >= 0.6 is 11.8 Å². The fourth-order valence-electron chi connectivity index (χ4n) is 4.35. The lowest BCUT2D eigenvalue weighted by Gasteiger charge is -2.37. The fraction of sp³-hybridized carbons (Fsp3) is 0.300. The number of ether oxygens (including phenoxy) is 2. The van der Waals surface area contributed by atoms with Crippen molar-refractivity contribution < 1.29 is 32.7 Å². The normalized spacial score (nSPS) is 16.0. The maximum absolute atomic E-state index is 14.8. The maximum Gasteiger partial charge on any atom is 0.407 e. The fourth-order valence-corrected chi connectivity index (χ4v) is 5.76. The molecule has 13 heteroatoms. The van der Waals surface area contributed by atoms with E-state index in [1.807, 2.05) is 54.6 Å². The van der Waals surface area contributed by atoms with Gasteiger partial charge in [-0.25, -0.2) is 23.4 Å². The average molecular weight is 614 g/mol. The summed E-state index contributed by atoms with van der Waals surface area (Å²) in [5, 5.41) is 12.6. The molecule has 228 valence electrons. The van der Waals surface area contributed by atoms with Crippen LogP contribution in [0.15, 0.2) is 77.9 Å². The standard InChI is InChI=1S/C30H33F2N5O5S/c1-36(41-3)29(39)37-30(22-8-5-4-6-9-22,43-27(35-37)25-18-23(31)12-15-26(25)32)16-7-17-33-28(38)42-19-21-10-13-24(14-11-21)34-20-40-2/h4-6,8-15,18,34H,7,16-17,19-20H2,1-3H3,(H,33,38)/t30-/m0/s1. The van der Waals surface area contributed by atoms with Crippen molar-refractivity contribution >= 4 is 34.6 Å². The van der Waals surface area contributed by atoms with E-state index in [1.165, 1.54) is 19.2 Å². The van der Waals surface area contributed by atoms with Crippen molar-refractivity contribution in [2.75, 3.05) is 39.9 Å². The molecule has 0 saturated carbocycles. The van der Waals surface area contributed by atoms with Crippen molar-refractivity contribution in [1.29, 1.82) is 0 Å². The Morgan fingerprint density at radius 2 is 1.79 bits per heavy atom. The summed E-state index contributed by atoms with van der Waals surface area (Å²) in [6.07, 6.45) is 0.0944. The molecule has 0 spiro atoms. The molecule has 0 bridgehead atoms.